The number of esters is 1. The van der Waals surface area contributed by atoms with Crippen LogP contribution in [0.4, 0.5) is 17.8 Å². The molecule has 3 heterocycles. The maximum Gasteiger partial charge on any atom is 0.306 e. The van der Waals surface area contributed by atoms with E-state index < -0.39 is 0 Å². The first-order valence-electron chi connectivity index (χ1n) is 12.5. The maximum atomic E-state index is 12.1. The third kappa shape index (κ3) is 7.39. The van der Waals surface area contributed by atoms with Gasteiger partial charge in [0.2, 0.25) is 17.8 Å². The van der Waals surface area contributed by atoms with Crippen molar-refractivity contribution in [1.82, 2.24) is 15.0 Å². The zero-order valence-electron chi connectivity index (χ0n) is 21.1. The van der Waals surface area contributed by atoms with Crippen molar-refractivity contribution in [1.29, 1.82) is 0 Å². The zero-order valence-corrected chi connectivity index (χ0v) is 21.8. The largest absolute Gasteiger partial charge is 0.469 e. The van der Waals surface area contributed by atoms with E-state index >= 15 is 0 Å². The normalized spacial score (nSPS) is 25.0. The molecule has 0 spiro atoms. The predicted octanol–water partition coefficient (Wildman–Crippen LogP) is 0.0132. The number of carbonyl (C=O) groups excluding carboxylic acids is 1. The number of benzene rings is 1. The Morgan fingerprint density at radius 3 is 1.89 bits per heavy atom. The fourth-order valence-corrected chi connectivity index (χ4v) is 5.07. The van der Waals surface area contributed by atoms with Crippen LogP contribution < -0.4 is 38.1 Å². The van der Waals surface area contributed by atoms with E-state index in [1.54, 1.807) is 12.1 Å². The van der Waals surface area contributed by atoms with Gasteiger partial charge in [0, 0.05) is 67.8 Å². The first-order chi connectivity index (χ1) is 17.7. The van der Waals surface area contributed by atoms with Gasteiger partial charge in [0.1, 0.15) is 0 Å². The summed E-state index contributed by atoms with van der Waals surface area (Å²) in [5, 5.41) is 3.93. The third-order valence-electron chi connectivity index (χ3n) is 6.70. The van der Waals surface area contributed by atoms with Crippen molar-refractivity contribution < 1.29 is 9.53 Å². The summed E-state index contributed by atoms with van der Waals surface area (Å²) in [6.07, 6.45) is 1.67. The lowest BCUT2D eigenvalue weighted by Gasteiger charge is -2.37. The molecule has 13 heteroatoms. The van der Waals surface area contributed by atoms with Gasteiger partial charge in [-0.3, -0.25) is 4.79 Å². The molecule has 12 nitrogen and oxygen atoms in total. The SMILES string of the molecule is COC(=O)CC(CNc1nc(N2C[C@H](N)C[C@H](N)C2)nc(N2C[C@H](N)C[C@H](N)C2)n1)c1ccc(Cl)cc1. The maximum absolute atomic E-state index is 12.1. The van der Waals surface area contributed by atoms with E-state index in [1.807, 2.05) is 21.9 Å². The van der Waals surface area contributed by atoms with E-state index in [9.17, 15) is 4.79 Å². The Labute approximate surface area is 222 Å². The van der Waals surface area contributed by atoms with E-state index in [0.717, 1.165) is 18.4 Å². The van der Waals surface area contributed by atoms with Crippen LogP contribution >= 0.6 is 11.6 Å². The summed E-state index contributed by atoms with van der Waals surface area (Å²) in [5.74, 6) is 0.848. The molecule has 37 heavy (non-hydrogen) atoms. The Kier molecular flexibility index (Phi) is 8.98. The number of ether oxygens (including phenoxy) is 1. The van der Waals surface area contributed by atoms with Gasteiger partial charge in [0.25, 0.3) is 0 Å². The summed E-state index contributed by atoms with van der Waals surface area (Å²) in [5.41, 5.74) is 25.9. The predicted molar refractivity (Wildman–Crippen MR) is 145 cm³/mol. The minimum atomic E-state index is -0.314. The van der Waals surface area contributed by atoms with Crippen molar-refractivity contribution in [3.05, 3.63) is 34.9 Å². The number of piperidine rings is 2. The molecule has 2 saturated heterocycles. The summed E-state index contributed by atoms with van der Waals surface area (Å²) in [7, 11) is 1.38. The molecule has 2 aliphatic rings. The average Bonchev–Trinajstić information content (AvgIpc) is 2.85. The van der Waals surface area contributed by atoms with Gasteiger partial charge in [-0.05, 0) is 30.5 Å². The lowest BCUT2D eigenvalue weighted by molar-refractivity contribution is -0.141. The van der Waals surface area contributed by atoms with Crippen LogP contribution in [0.1, 0.15) is 30.7 Å². The third-order valence-corrected chi connectivity index (χ3v) is 6.95. The molecular weight excluding hydrogens is 496 g/mol. The highest BCUT2D eigenvalue weighted by atomic mass is 35.5. The summed E-state index contributed by atoms with van der Waals surface area (Å²) in [6, 6.07) is 7.08. The van der Waals surface area contributed by atoms with Crippen molar-refractivity contribution in [3.63, 3.8) is 0 Å². The smallest absolute Gasteiger partial charge is 0.306 e. The quantitative estimate of drug-likeness (QED) is 0.287. The minimum absolute atomic E-state index is 0.0773. The molecule has 0 saturated carbocycles. The number of anilines is 3. The van der Waals surface area contributed by atoms with E-state index in [2.05, 4.69) is 5.32 Å². The highest BCUT2D eigenvalue weighted by Gasteiger charge is 2.29. The highest BCUT2D eigenvalue weighted by molar-refractivity contribution is 6.30. The molecule has 202 valence electrons. The van der Waals surface area contributed by atoms with Gasteiger partial charge in [-0.15, -0.1) is 0 Å². The summed E-state index contributed by atoms with van der Waals surface area (Å²) in [4.78, 5) is 30.3. The molecule has 0 amide bonds. The summed E-state index contributed by atoms with van der Waals surface area (Å²) < 4.78 is 4.92. The van der Waals surface area contributed by atoms with Crippen LogP contribution in [0.5, 0.6) is 0 Å². The van der Waals surface area contributed by atoms with Gasteiger partial charge >= 0.3 is 5.97 Å². The fourth-order valence-electron chi connectivity index (χ4n) is 4.94. The Balaban J connectivity index is 1.61. The Morgan fingerprint density at radius 1 is 0.946 bits per heavy atom. The highest BCUT2D eigenvalue weighted by Crippen LogP contribution is 2.25. The molecule has 5 atom stereocenters. The number of hydrogen-bond donors (Lipinski definition) is 5. The average molecular weight is 533 g/mol. The number of nitrogens with one attached hydrogen (secondary N) is 1. The first-order valence-corrected chi connectivity index (χ1v) is 12.9. The minimum Gasteiger partial charge on any atom is -0.469 e. The van der Waals surface area contributed by atoms with Crippen molar-refractivity contribution in [2.24, 2.45) is 22.9 Å². The van der Waals surface area contributed by atoms with E-state index in [-0.39, 0.29) is 42.5 Å². The van der Waals surface area contributed by atoms with Crippen molar-refractivity contribution in [2.45, 2.75) is 49.3 Å². The number of hydrogen-bond acceptors (Lipinski definition) is 12. The number of nitrogens with zero attached hydrogens (tertiary/aromatic N) is 5. The summed E-state index contributed by atoms with van der Waals surface area (Å²) in [6.45, 7) is 2.74. The standard InChI is InChI=1S/C24H37ClN10O2/c1-37-21(36)6-15(14-2-4-16(25)5-3-14)9-30-22-31-23(34-10-17(26)7-18(27)11-34)33-24(32-22)35-12-19(28)8-20(29)13-35/h2-5,15,17-20H,6-13,26-29H2,1H3,(H,30,31,32,33)/t15?,17-,18+,19-,20+. The molecule has 2 aliphatic heterocycles. The van der Waals surface area contributed by atoms with Gasteiger partial charge in [-0.1, -0.05) is 23.7 Å². The Hall–Kier alpha value is -2.77. The lowest BCUT2D eigenvalue weighted by atomic mass is 9.96. The number of methoxy groups -OCH3 is 1. The molecular formula is C24H37ClN10O2. The lowest BCUT2D eigenvalue weighted by Crippen LogP contribution is -2.54. The van der Waals surface area contributed by atoms with Crippen LogP contribution in [-0.4, -0.2) is 84.9 Å². The van der Waals surface area contributed by atoms with Crippen LogP contribution in [0.3, 0.4) is 0 Å². The molecule has 1 aromatic heterocycles. The Bertz CT molecular complexity index is 994. The Morgan fingerprint density at radius 2 is 1.43 bits per heavy atom. The number of aromatic nitrogens is 3. The van der Waals surface area contributed by atoms with Crippen LogP contribution in [0, 0.1) is 0 Å². The molecule has 1 aromatic carbocycles. The van der Waals surface area contributed by atoms with Crippen molar-refractivity contribution >= 4 is 35.4 Å². The fraction of sp³-hybridized carbons (Fsp3) is 0.583. The zero-order chi connectivity index (χ0) is 26.5. The van der Waals surface area contributed by atoms with Crippen LogP contribution in [0.15, 0.2) is 24.3 Å². The molecule has 9 N–H and O–H groups in total. The second kappa shape index (κ2) is 12.2. The first kappa shape index (κ1) is 27.3. The second-order valence-corrected chi connectivity index (χ2v) is 10.4. The second-order valence-electron chi connectivity index (χ2n) is 9.99. The molecule has 0 aliphatic carbocycles. The van der Waals surface area contributed by atoms with E-state index in [4.69, 9.17) is 54.2 Å². The summed E-state index contributed by atoms with van der Waals surface area (Å²) >= 11 is 6.07. The van der Waals surface area contributed by atoms with Gasteiger partial charge in [-0.2, -0.15) is 15.0 Å². The monoisotopic (exact) mass is 532 g/mol. The van der Waals surface area contributed by atoms with Crippen molar-refractivity contribution in [2.75, 3.05) is 55.0 Å². The molecule has 0 radical (unpaired) electrons. The topological polar surface area (TPSA) is 188 Å². The van der Waals surface area contributed by atoms with Crippen molar-refractivity contribution in [3.8, 4) is 0 Å². The van der Waals surface area contributed by atoms with Gasteiger partial charge in [0.15, 0.2) is 0 Å². The van der Waals surface area contributed by atoms with E-state index in [1.165, 1.54) is 7.11 Å². The molecule has 2 fully saturated rings. The number of rotatable bonds is 8. The molecule has 4 rings (SSSR count). The van der Waals surface area contributed by atoms with Gasteiger partial charge < -0.3 is 42.8 Å². The van der Waals surface area contributed by atoms with Crippen LogP contribution in [0.2, 0.25) is 5.02 Å². The van der Waals surface area contributed by atoms with Crippen LogP contribution in [0.25, 0.3) is 0 Å². The van der Waals surface area contributed by atoms with Crippen LogP contribution in [-0.2, 0) is 9.53 Å². The van der Waals surface area contributed by atoms with Gasteiger partial charge in [0.05, 0.1) is 13.5 Å². The molecule has 1 unspecified atom stereocenters. The number of carbonyl (C=O) groups is 1. The van der Waals surface area contributed by atoms with Gasteiger partial charge in [-0.25, -0.2) is 0 Å². The molecule has 0 bridgehead atoms. The number of nitrogens with two attached hydrogens (primary N) is 4. The number of halogens is 1. The van der Waals surface area contributed by atoms with E-state index in [0.29, 0.717) is 55.6 Å². The molecule has 2 aromatic rings.